The number of rotatable bonds is 2. The zero-order valence-electron chi connectivity index (χ0n) is 6.53. The highest BCUT2D eigenvalue weighted by Gasteiger charge is 2.19. The number of carboxylic acid groups (broad SMARTS) is 1. The lowest BCUT2D eigenvalue weighted by Crippen LogP contribution is -2.02. The first-order chi connectivity index (χ1) is 6.45. The van der Waals surface area contributed by atoms with Crippen LogP contribution < -0.4 is 0 Å². The van der Waals surface area contributed by atoms with Crippen LogP contribution in [0.5, 0.6) is 0 Å². The van der Waals surface area contributed by atoms with Crippen LogP contribution in [0.15, 0.2) is 17.0 Å². The monoisotopic (exact) mass is 254 g/mol. The van der Waals surface area contributed by atoms with Gasteiger partial charge in [0, 0.05) is 0 Å². The lowest BCUT2D eigenvalue weighted by molar-refractivity contribution is 0.0697. The van der Waals surface area contributed by atoms with Gasteiger partial charge in [-0.2, -0.15) is 0 Å². The maximum absolute atomic E-state index is 10.7. The summed E-state index contributed by atoms with van der Waals surface area (Å²) in [6.45, 7) is 0. The summed E-state index contributed by atoms with van der Waals surface area (Å²) in [6.07, 6.45) is 0. The van der Waals surface area contributed by atoms with Crippen molar-refractivity contribution >= 4 is 40.3 Å². The van der Waals surface area contributed by atoms with Gasteiger partial charge in [0.05, 0.1) is 20.5 Å². The van der Waals surface area contributed by atoms with Gasteiger partial charge >= 0.3 is 5.97 Å². The molecule has 1 unspecified atom stereocenters. The van der Waals surface area contributed by atoms with Crippen LogP contribution in [0.3, 0.4) is 0 Å². The van der Waals surface area contributed by atoms with Gasteiger partial charge in [-0.05, 0) is 12.1 Å². The molecule has 0 aromatic heterocycles. The summed E-state index contributed by atoms with van der Waals surface area (Å²) in [5, 5.41) is 8.32. The van der Waals surface area contributed by atoms with E-state index in [1.54, 1.807) is 0 Å². The molecule has 0 saturated heterocycles. The normalized spacial score (nSPS) is 12.5. The molecule has 14 heavy (non-hydrogen) atoms. The summed E-state index contributed by atoms with van der Waals surface area (Å²) < 4.78 is 19.5. The smallest absolute Gasteiger partial charge is 0.338 e. The molecule has 1 rings (SSSR count). The van der Waals surface area contributed by atoms with Gasteiger partial charge in [0.15, 0.2) is 11.1 Å². The van der Waals surface area contributed by atoms with Crippen LogP contribution in [-0.2, 0) is 11.1 Å². The van der Waals surface area contributed by atoms with Gasteiger partial charge in [0.1, 0.15) is 0 Å². The summed E-state index contributed by atoms with van der Waals surface area (Å²) in [5.41, 5.74) is -0.367. The average molecular weight is 255 g/mol. The second-order valence-corrected chi connectivity index (χ2v) is 4.01. The number of hydrogen-bond donors (Lipinski definition) is 2. The first kappa shape index (κ1) is 11.5. The molecule has 0 aliphatic rings. The minimum Gasteiger partial charge on any atom is -0.478 e. The molecule has 0 aliphatic carbocycles. The summed E-state index contributed by atoms with van der Waals surface area (Å²) in [6, 6.07) is 2.41. The molecule has 7 heteroatoms. The number of aromatic carboxylic acids is 1. The van der Waals surface area contributed by atoms with E-state index in [4.69, 9.17) is 32.9 Å². The highest BCUT2D eigenvalue weighted by atomic mass is 35.5. The Bertz CT molecular complexity index is 418. The molecule has 1 atom stereocenters. The van der Waals surface area contributed by atoms with Crippen LogP contribution in [0.2, 0.25) is 10.0 Å². The number of halogens is 2. The Morgan fingerprint density at radius 1 is 1.36 bits per heavy atom. The lowest BCUT2D eigenvalue weighted by atomic mass is 10.2. The summed E-state index contributed by atoms with van der Waals surface area (Å²) in [7, 11) is 0. The van der Waals surface area contributed by atoms with Crippen molar-refractivity contribution < 1.29 is 18.7 Å². The van der Waals surface area contributed by atoms with Gasteiger partial charge in [0.25, 0.3) is 0 Å². The van der Waals surface area contributed by atoms with Crippen LogP contribution >= 0.6 is 23.2 Å². The molecule has 0 saturated carbocycles. The molecule has 1 aromatic carbocycles. The van der Waals surface area contributed by atoms with Crippen molar-refractivity contribution in [2.75, 3.05) is 0 Å². The summed E-state index contributed by atoms with van der Waals surface area (Å²) in [4.78, 5) is 10.5. The zero-order chi connectivity index (χ0) is 10.9. The van der Waals surface area contributed by atoms with Gasteiger partial charge < -0.3 is 9.66 Å². The molecular weight excluding hydrogens is 251 g/mol. The highest BCUT2D eigenvalue weighted by Crippen LogP contribution is 2.29. The Morgan fingerprint density at radius 3 is 2.36 bits per heavy atom. The standard InChI is InChI=1S/C7H4Cl2O4S/c8-3-1-2-4(14(12)13)6(9)5(3)7(10)11/h1-2H,(H,10,11)(H,12,13). The molecule has 0 spiro atoms. The van der Waals surface area contributed by atoms with E-state index in [1.165, 1.54) is 12.1 Å². The van der Waals surface area contributed by atoms with E-state index in [0.717, 1.165) is 0 Å². The van der Waals surface area contributed by atoms with Gasteiger partial charge in [-0.3, -0.25) is 0 Å². The van der Waals surface area contributed by atoms with Crippen molar-refractivity contribution in [1.29, 1.82) is 0 Å². The predicted octanol–water partition coefficient (Wildman–Crippen LogP) is 2.27. The fraction of sp³-hybridized carbons (Fsp3) is 0. The molecule has 4 nitrogen and oxygen atoms in total. The first-order valence-electron chi connectivity index (χ1n) is 3.27. The second kappa shape index (κ2) is 4.27. The Balaban J connectivity index is 3.49. The van der Waals surface area contributed by atoms with E-state index in [0.29, 0.717) is 0 Å². The lowest BCUT2D eigenvalue weighted by Gasteiger charge is -2.04. The Kier molecular flexibility index (Phi) is 3.49. The van der Waals surface area contributed by atoms with Crippen LogP contribution in [0, 0.1) is 0 Å². The molecule has 2 N–H and O–H groups in total. The topological polar surface area (TPSA) is 74.6 Å². The van der Waals surface area contributed by atoms with E-state index < -0.39 is 17.0 Å². The van der Waals surface area contributed by atoms with Crippen LogP contribution in [0.4, 0.5) is 0 Å². The number of carbonyl (C=O) groups is 1. The van der Waals surface area contributed by atoms with Gasteiger partial charge in [-0.25, -0.2) is 9.00 Å². The largest absolute Gasteiger partial charge is 0.478 e. The predicted molar refractivity (Wildman–Crippen MR) is 52.5 cm³/mol. The fourth-order valence-corrected chi connectivity index (χ4v) is 2.03. The van der Waals surface area contributed by atoms with Crippen molar-refractivity contribution in [3.05, 3.63) is 27.7 Å². The van der Waals surface area contributed by atoms with E-state index >= 15 is 0 Å². The van der Waals surface area contributed by atoms with Crippen LogP contribution in [0.25, 0.3) is 0 Å². The number of hydrogen-bond acceptors (Lipinski definition) is 2. The Hall–Kier alpha value is -0.620. The quantitative estimate of drug-likeness (QED) is 0.795. The molecule has 0 aliphatic heterocycles. The third kappa shape index (κ3) is 2.06. The van der Waals surface area contributed by atoms with Crippen molar-refractivity contribution in [2.45, 2.75) is 4.90 Å². The molecule has 1 aromatic rings. The zero-order valence-corrected chi connectivity index (χ0v) is 8.86. The third-order valence-electron chi connectivity index (χ3n) is 1.46. The van der Waals surface area contributed by atoms with E-state index in [9.17, 15) is 9.00 Å². The molecule has 0 bridgehead atoms. The molecular formula is C7H4Cl2O4S. The molecule has 76 valence electrons. The maximum Gasteiger partial charge on any atom is 0.338 e. The van der Waals surface area contributed by atoms with Crippen LogP contribution in [-0.4, -0.2) is 19.8 Å². The molecule has 0 radical (unpaired) electrons. The van der Waals surface area contributed by atoms with Crippen molar-refractivity contribution in [3.8, 4) is 0 Å². The summed E-state index contributed by atoms with van der Waals surface area (Å²) in [5.74, 6) is -1.34. The summed E-state index contributed by atoms with van der Waals surface area (Å²) >= 11 is 8.81. The minimum atomic E-state index is -2.33. The van der Waals surface area contributed by atoms with Gasteiger partial charge in [0.2, 0.25) is 0 Å². The molecule has 0 fully saturated rings. The van der Waals surface area contributed by atoms with Crippen molar-refractivity contribution in [1.82, 2.24) is 0 Å². The third-order valence-corrected chi connectivity index (χ3v) is 2.99. The Morgan fingerprint density at radius 2 is 1.93 bits per heavy atom. The van der Waals surface area contributed by atoms with E-state index in [1.807, 2.05) is 0 Å². The number of carboxylic acids is 1. The van der Waals surface area contributed by atoms with E-state index in [-0.39, 0.29) is 20.5 Å². The SMILES string of the molecule is O=C(O)c1c(Cl)ccc(S(=O)O)c1Cl. The minimum absolute atomic E-state index is 0.0725. The van der Waals surface area contributed by atoms with Gasteiger partial charge in [-0.1, -0.05) is 23.2 Å². The highest BCUT2D eigenvalue weighted by molar-refractivity contribution is 7.79. The van der Waals surface area contributed by atoms with Crippen molar-refractivity contribution in [2.24, 2.45) is 0 Å². The fourth-order valence-electron chi connectivity index (χ4n) is 0.864. The average Bonchev–Trinajstić information content (AvgIpc) is 2.02. The van der Waals surface area contributed by atoms with Gasteiger partial charge in [-0.15, -0.1) is 0 Å². The number of benzene rings is 1. The molecule has 0 amide bonds. The van der Waals surface area contributed by atoms with Crippen molar-refractivity contribution in [3.63, 3.8) is 0 Å². The van der Waals surface area contributed by atoms with E-state index in [2.05, 4.69) is 0 Å². The molecule has 0 heterocycles. The first-order valence-corrected chi connectivity index (χ1v) is 5.13. The maximum atomic E-state index is 10.7. The van der Waals surface area contributed by atoms with Crippen LogP contribution in [0.1, 0.15) is 10.4 Å². The second-order valence-electron chi connectivity index (χ2n) is 2.29. The Labute approximate surface area is 91.7 Å².